The van der Waals surface area contributed by atoms with Crippen molar-refractivity contribution in [1.29, 1.82) is 0 Å². The maximum atomic E-state index is 10.3. The lowest BCUT2D eigenvalue weighted by atomic mass is 9.94. The van der Waals surface area contributed by atoms with E-state index in [-0.39, 0.29) is 11.5 Å². The summed E-state index contributed by atoms with van der Waals surface area (Å²) in [4.78, 5) is 4.32. The topological polar surface area (TPSA) is 33.1 Å². The van der Waals surface area contributed by atoms with Gasteiger partial charge in [-0.15, -0.1) is 0 Å². The van der Waals surface area contributed by atoms with Crippen molar-refractivity contribution in [3.8, 4) is 0 Å². The third-order valence-electron chi connectivity index (χ3n) is 3.64. The number of pyridine rings is 1. The average molecular weight is 213 g/mol. The molecule has 0 amide bonds. The Balaban J connectivity index is 2.05. The first-order chi connectivity index (χ1) is 7.69. The third-order valence-corrected chi connectivity index (χ3v) is 3.64. The summed E-state index contributed by atoms with van der Waals surface area (Å²) >= 11 is 0. The molecule has 1 unspecified atom stereocenters. The summed E-state index contributed by atoms with van der Waals surface area (Å²) in [6, 6.07) is 10.0. The second-order valence-corrected chi connectivity index (χ2v) is 5.01. The molecule has 0 spiro atoms. The Morgan fingerprint density at radius 1 is 1.31 bits per heavy atom. The van der Waals surface area contributed by atoms with E-state index >= 15 is 0 Å². The first-order valence-corrected chi connectivity index (χ1v) is 5.72. The van der Waals surface area contributed by atoms with Crippen LogP contribution in [0.4, 0.5) is 0 Å². The summed E-state index contributed by atoms with van der Waals surface area (Å²) in [5, 5.41) is 11.4. The Labute approximate surface area is 94.9 Å². The predicted molar refractivity (Wildman–Crippen MR) is 64.0 cm³/mol. The molecule has 16 heavy (non-hydrogen) atoms. The van der Waals surface area contributed by atoms with Gasteiger partial charge in [0.1, 0.15) is 0 Å². The van der Waals surface area contributed by atoms with Crippen molar-refractivity contribution in [1.82, 2.24) is 4.98 Å². The number of nitrogens with zero attached hydrogens (tertiary/aromatic N) is 1. The highest BCUT2D eigenvalue weighted by molar-refractivity contribution is 5.78. The van der Waals surface area contributed by atoms with E-state index in [0.29, 0.717) is 0 Å². The van der Waals surface area contributed by atoms with Gasteiger partial charge in [-0.25, -0.2) is 0 Å². The largest absolute Gasteiger partial charge is 0.388 e. The van der Waals surface area contributed by atoms with Crippen LogP contribution in [0.3, 0.4) is 0 Å². The summed E-state index contributed by atoms with van der Waals surface area (Å²) in [5.41, 5.74) is 2.05. The Bertz CT molecular complexity index is 531. The lowest BCUT2D eigenvalue weighted by molar-refractivity contribution is 0.104. The number of fused-ring (bicyclic) bond motifs is 1. The first-order valence-electron chi connectivity index (χ1n) is 5.72. The molecule has 1 atom stereocenters. The van der Waals surface area contributed by atoms with Crippen molar-refractivity contribution in [3.63, 3.8) is 0 Å². The van der Waals surface area contributed by atoms with Gasteiger partial charge >= 0.3 is 0 Å². The van der Waals surface area contributed by atoms with E-state index in [4.69, 9.17) is 0 Å². The molecule has 0 bridgehead atoms. The molecule has 0 radical (unpaired) electrons. The molecular weight excluding hydrogens is 198 g/mol. The number of hydrogen-bond donors (Lipinski definition) is 1. The van der Waals surface area contributed by atoms with Crippen LogP contribution in [0.15, 0.2) is 36.5 Å². The standard InChI is InChI=1S/C14H15NO/c1-14(6-7-14)13(16)11-5-4-10-3-2-8-15-12(10)9-11/h2-5,8-9,13,16H,6-7H2,1H3. The van der Waals surface area contributed by atoms with Crippen LogP contribution in [0.25, 0.3) is 10.9 Å². The minimum absolute atomic E-state index is 0.0997. The van der Waals surface area contributed by atoms with Crippen LogP contribution in [0.1, 0.15) is 31.4 Å². The highest BCUT2D eigenvalue weighted by Gasteiger charge is 2.44. The van der Waals surface area contributed by atoms with Crippen LogP contribution < -0.4 is 0 Å². The monoisotopic (exact) mass is 213 g/mol. The molecular formula is C14H15NO. The SMILES string of the molecule is CC1(C(O)c2ccc3cccnc3c2)CC1. The molecule has 1 saturated carbocycles. The van der Waals surface area contributed by atoms with E-state index in [2.05, 4.69) is 11.9 Å². The number of aromatic nitrogens is 1. The second-order valence-electron chi connectivity index (χ2n) is 5.01. The molecule has 1 aliphatic rings. The highest BCUT2D eigenvalue weighted by Crippen LogP contribution is 2.54. The van der Waals surface area contributed by atoms with Crippen molar-refractivity contribution < 1.29 is 5.11 Å². The van der Waals surface area contributed by atoms with Gasteiger partial charge in [-0.3, -0.25) is 4.98 Å². The Morgan fingerprint density at radius 3 is 2.88 bits per heavy atom. The maximum absolute atomic E-state index is 10.3. The summed E-state index contributed by atoms with van der Waals surface area (Å²) in [7, 11) is 0. The van der Waals surface area contributed by atoms with Gasteiger partial charge in [-0.1, -0.05) is 25.1 Å². The van der Waals surface area contributed by atoms with Gasteiger partial charge < -0.3 is 5.11 Å². The molecule has 1 heterocycles. The lowest BCUT2D eigenvalue weighted by Crippen LogP contribution is -2.09. The smallest absolute Gasteiger partial charge is 0.0844 e. The van der Waals surface area contributed by atoms with Gasteiger partial charge in [-0.05, 0) is 36.0 Å². The molecule has 82 valence electrons. The highest BCUT2D eigenvalue weighted by atomic mass is 16.3. The van der Waals surface area contributed by atoms with Gasteiger partial charge in [0.15, 0.2) is 0 Å². The molecule has 2 heteroatoms. The van der Waals surface area contributed by atoms with Gasteiger partial charge in [0.25, 0.3) is 0 Å². The van der Waals surface area contributed by atoms with Crippen molar-refractivity contribution in [2.45, 2.75) is 25.9 Å². The molecule has 1 fully saturated rings. The maximum Gasteiger partial charge on any atom is 0.0844 e. The van der Waals surface area contributed by atoms with E-state index in [0.717, 1.165) is 29.3 Å². The molecule has 1 aliphatic carbocycles. The third kappa shape index (κ3) is 1.50. The fraction of sp³-hybridized carbons (Fsp3) is 0.357. The quantitative estimate of drug-likeness (QED) is 0.831. The summed E-state index contributed by atoms with van der Waals surface area (Å²) < 4.78 is 0. The van der Waals surface area contributed by atoms with Gasteiger partial charge in [0.2, 0.25) is 0 Å². The fourth-order valence-electron chi connectivity index (χ4n) is 2.13. The molecule has 1 N–H and O–H groups in total. The lowest BCUT2D eigenvalue weighted by Gasteiger charge is -2.18. The molecule has 3 rings (SSSR count). The Kier molecular flexibility index (Phi) is 2.01. The van der Waals surface area contributed by atoms with E-state index < -0.39 is 0 Å². The van der Waals surface area contributed by atoms with Gasteiger partial charge in [-0.2, -0.15) is 0 Å². The van der Waals surface area contributed by atoms with Crippen LogP contribution >= 0.6 is 0 Å². The zero-order valence-electron chi connectivity index (χ0n) is 9.35. The van der Waals surface area contributed by atoms with Crippen LogP contribution in [-0.2, 0) is 0 Å². The van der Waals surface area contributed by atoms with Crippen molar-refractivity contribution in [2.24, 2.45) is 5.41 Å². The number of rotatable bonds is 2. The molecule has 0 saturated heterocycles. The predicted octanol–water partition coefficient (Wildman–Crippen LogP) is 3.07. The molecule has 2 nitrogen and oxygen atoms in total. The fourth-order valence-corrected chi connectivity index (χ4v) is 2.13. The summed E-state index contributed by atoms with van der Waals surface area (Å²) in [6.07, 6.45) is 3.68. The Morgan fingerprint density at radius 2 is 2.12 bits per heavy atom. The van der Waals surface area contributed by atoms with E-state index in [1.54, 1.807) is 6.20 Å². The summed E-state index contributed by atoms with van der Waals surface area (Å²) in [5.74, 6) is 0. The minimum atomic E-state index is -0.348. The van der Waals surface area contributed by atoms with E-state index in [1.807, 2.05) is 30.3 Å². The van der Waals surface area contributed by atoms with E-state index in [9.17, 15) is 5.11 Å². The van der Waals surface area contributed by atoms with Gasteiger partial charge in [0.05, 0.1) is 11.6 Å². The summed E-state index contributed by atoms with van der Waals surface area (Å²) in [6.45, 7) is 2.14. The van der Waals surface area contributed by atoms with Crippen molar-refractivity contribution in [2.75, 3.05) is 0 Å². The first kappa shape index (κ1) is 9.79. The number of aliphatic hydroxyl groups excluding tert-OH is 1. The normalized spacial score (nSPS) is 19.6. The van der Waals surface area contributed by atoms with Crippen LogP contribution in [0.5, 0.6) is 0 Å². The zero-order valence-corrected chi connectivity index (χ0v) is 9.35. The molecule has 1 aromatic carbocycles. The number of benzene rings is 1. The van der Waals surface area contributed by atoms with Crippen LogP contribution in [0.2, 0.25) is 0 Å². The second kappa shape index (κ2) is 3.29. The average Bonchev–Trinajstić information content (AvgIpc) is 3.07. The number of hydrogen-bond acceptors (Lipinski definition) is 2. The van der Waals surface area contributed by atoms with Gasteiger partial charge in [0, 0.05) is 11.6 Å². The van der Waals surface area contributed by atoms with Crippen molar-refractivity contribution >= 4 is 10.9 Å². The van der Waals surface area contributed by atoms with E-state index in [1.165, 1.54) is 0 Å². The van der Waals surface area contributed by atoms with Crippen molar-refractivity contribution in [3.05, 3.63) is 42.1 Å². The Hall–Kier alpha value is -1.41. The minimum Gasteiger partial charge on any atom is -0.388 e. The van der Waals surface area contributed by atoms with Crippen LogP contribution in [-0.4, -0.2) is 10.1 Å². The molecule has 1 aromatic heterocycles. The molecule has 2 aromatic rings. The number of aliphatic hydroxyl groups is 1. The van der Waals surface area contributed by atoms with Crippen LogP contribution in [0, 0.1) is 5.41 Å². The molecule has 0 aliphatic heterocycles. The zero-order chi connectivity index (χ0) is 11.2.